The lowest BCUT2D eigenvalue weighted by Crippen LogP contribution is -2.45. The highest BCUT2D eigenvalue weighted by atomic mass is 127. The molecule has 2 aliphatic rings. The van der Waals surface area contributed by atoms with Crippen LogP contribution < -0.4 is 10.6 Å². The van der Waals surface area contributed by atoms with Crippen LogP contribution in [0.15, 0.2) is 29.3 Å². The molecule has 1 aliphatic carbocycles. The first-order chi connectivity index (χ1) is 13.7. The first kappa shape index (κ1) is 24.3. The van der Waals surface area contributed by atoms with Gasteiger partial charge in [-0.2, -0.15) is 0 Å². The molecule has 0 radical (unpaired) electrons. The number of nitrogens with one attached hydrogen (secondary N) is 2. The van der Waals surface area contributed by atoms with Gasteiger partial charge in [0.25, 0.3) is 0 Å². The van der Waals surface area contributed by atoms with Crippen molar-refractivity contribution in [2.24, 2.45) is 10.9 Å². The van der Waals surface area contributed by atoms with E-state index in [9.17, 15) is 4.79 Å². The van der Waals surface area contributed by atoms with Gasteiger partial charge in [-0.05, 0) is 50.7 Å². The quantitative estimate of drug-likeness (QED) is 0.239. The van der Waals surface area contributed by atoms with Gasteiger partial charge in [-0.25, -0.2) is 0 Å². The maximum absolute atomic E-state index is 12.6. The van der Waals surface area contributed by atoms with E-state index >= 15 is 0 Å². The Morgan fingerprint density at radius 3 is 2.72 bits per heavy atom. The van der Waals surface area contributed by atoms with Crippen molar-refractivity contribution in [2.75, 3.05) is 26.2 Å². The molecular weight excluding hydrogens is 499 g/mol. The second-order valence-electron chi connectivity index (χ2n) is 7.85. The molecule has 0 spiro atoms. The molecule has 1 amide bonds. The van der Waals surface area contributed by atoms with Gasteiger partial charge in [0.05, 0.1) is 0 Å². The van der Waals surface area contributed by atoms with Gasteiger partial charge >= 0.3 is 0 Å². The lowest BCUT2D eigenvalue weighted by molar-refractivity contribution is -0.134. The van der Waals surface area contributed by atoms with Crippen molar-refractivity contribution < 1.29 is 4.79 Å². The summed E-state index contributed by atoms with van der Waals surface area (Å²) < 4.78 is 0. The average Bonchev–Trinajstić information content (AvgIpc) is 3.38. The Labute approximate surface area is 197 Å². The SMILES string of the molecule is CCNC(=NCCCc1ccccc1Cl)NC1CCN(C(=O)C2CCCC2)C1.I. The maximum Gasteiger partial charge on any atom is 0.225 e. The lowest BCUT2D eigenvalue weighted by atomic mass is 10.1. The van der Waals surface area contributed by atoms with E-state index in [1.807, 2.05) is 18.2 Å². The predicted molar refractivity (Wildman–Crippen MR) is 131 cm³/mol. The maximum atomic E-state index is 12.6. The third-order valence-electron chi connectivity index (χ3n) is 5.72. The third-order valence-corrected chi connectivity index (χ3v) is 6.09. The van der Waals surface area contributed by atoms with Crippen molar-refractivity contribution in [3.63, 3.8) is 0 Å². The molecule has 1 aromatic carbocycles. The van der Waals surface area contributed by atoms with E-state index in [2.05, 4.69) is 28.5 Å². The molecule has 5 nitrogen and oxygen atoms in total. The fourth-order valence-corrected chi connectivity index (χ4v) is 4.41. The van der Waals surface area contributed by atoms with E-state index in [0.29, 0.717) is 5.91 Å². The van der Waals surface area contributed by atoms with Crippen LogP contribution in [0.25, 0.3) is 0 Å². The Hall–Kier alpha value is -1.02. The number of hydrogen-bond acceptors (Lipinski definition) is 2. The Morgan fingerprint density at radius 1 is 1.24 bits per heavy atom. The Morgan fingerprint density at radius 2 is 2.00 bits per heavy atom. The van der Waals surface area contributed by atoms with E-state index in [1.165, 1.54) is 18.4 Å². The number of carbonyl (C=O) groups excluding carboxylic acids is 1. The second-order valence-corrected chi connectivity index (χ2v) is 8.26. The van der Waals surface area contributed by atoms with Crippen LogP contribution in [0.1, 0.15) is 51.0 Å². The number of rotatable bonds is 7. The monoisotopic (exact) mass is 532 g/mol. The van der Waals surface area contributed by atoms with Gasteiger partial charge in [0.1, 0.15) is 0 Å². The molecule has 1 aromatic rings. The molecule has 162 valence electrons. The highest BCUT2D eigenvalue weighted by Gasteiger charge is 2.32. The number of hydrogen-bond donors (Lipinski definition) is 2. The molecule has 2 fully saturated rings. The zero-order chi connectivity index (χ0) is 19.8. The fraction of sp³-hybridized carbons (Fsp3) is 0.636. The number of likely N-dealkylation sites (tertiary alicyclic amines) is 1. The zero-order valence-electron chi connectivity index (χ0n) is 17.3. The first-order valence-electron chi connectivity index (χ1n) is 10.7. The normalized spacial score (nSPS) is 19.9. The summed E-state index contributed by atoms with van der Waals surface area (Å²) in [6.45, 7) is 5.30. The number of amides is 1. The Bertz CT molecular complexity index is 679. The summed E-state index contributed by atoms with van der Waals surface area (Å²) >= 11 is 6.22. The summed E-state index contributed by atoms with van der Waals surface area (Å²) in [5, 5.41) is 7.68. The number of aryl methyl sites for hydroxylation is 1. The summed E-state index contributed by atoms with van der Waals surface area (Å²) in [6.07, 6.45) is 7.43. The van der Waals surface area contributed by atoms with Crippen LogP contribution in [0, 0.1) is 5.92 Å². The number of benzene rings is 1. The van der Waals surface area contributed by atoms with Gasteiger partial charge in [0, 0.05) is 43.2 Å². The summed E-state index contributed by atoms with van der Waals surface area (Å²) in [7, 11) is 0. The minimum absolute atomic E-state index is 0. The molecule has 2 N–H and O–H groups in total. The van der Waals surface area contributed by atoms with Crippen molar-refractivity contribution >= 4 is 47.4 Å². The molecule has 29 heavy (non-hydrogen) atoms. The minimum Gasteiger partial charge on any atom is -0.357 e. The van der Waals surface area contributed by atoms with Gasteiger partial charge in [0.2, 0.25) is 5.91 Å². The van der Waals surface area contributed by atoms with Crippen LogP contribution in [0.3, 0.4) is 0 Å². The minimum atomic E-state index is 0. The molecule has 1 saturated carbocycles. The molecule has 7 heteroatoms. The van der Waals surface area contributed by atoms with E-state index in [0.717, 1.165) is 69.3 Å². The summed E-state index contributed by atoms with van der Waals surface area (Å²) in [4.78, 5) is 19.4. The molecule has 1 saturated heterocycles. The standard InChI is InChI=1S/C22H33ClN4O.HI/c1-2-24-22(25-14-7-11-17-8-5-6-12-20(17)23)26-19-13-15-27(16-19)21(28)18-9-3-4-10-18;/h5-6,8,12,18-19H,2-4,7,9-11,13-16H2,1H3,(H2,24,25,26);1H. The van der Waals surface area contributed by atoms with Crippen molar-refractivity contribution in [1.82, 2.24) is 15.5 Å². The van der Waals surface area contributed by atoms with Gasteiger partial charge in [0.15, 0.2) is 5.96 Å². The van der Waals surface area contributed by atoms with Gasteiger partial charge < -0.3 is 15.5 Å². The average molecular weight is 533 g/mol. The molecule has 1 heterocycles. The summed E-state index contributed by atoms with van der Waals surface area (Å²) in [5.41, 5.74) is 1.18. The molecule has 0 aromatic heterocycles. The van der Waals surface area contributed by atoms with E-state index in [1.54, 1.807) is 0 Å². The number of nitrogens with zero attached hydrogens (tertiary/aromatic N) is 2. The molecule has 1 aliphatic heterocycles. The lowest BCUT2D eigenvalue weighted by Gasteiger charge is -2.21. The molecule has 1 unspecified atom stereocenters. The Kier molecular flexibility index (Phi) is 10.6. The summed E-state index contributed by atoms with van der Waals surface area (Å²) in [5.74, 6) is 1.48. The number of aliphatic imine (C=N–C) groups is 1. The van der Waals surface area contributed by atoms with Crippen LogP contribution in [-0.4, -0.2) is 49.0 Å². The number of carbonyl (C=O) groups is 1. The second kappa shape index (κ2) is 12.6. The first-order valence-corrected chi connectivity index (χ1v) is 11.1. The van der Waals surface area contributed by atoms with Crippen molar-refractivity contribution in [2.45, 2.75) is 57.9 Å². The number of halogens is 2. The van der Waals surface area contributed by atoms with Crippen LogP contribution in [0.4, 0.5) is 0 Å². The predicted octanol–water partition coefficient (Wildman–Crippen LogP) is 4.24. The summed E-state index contributed by atoms with van der Waals surface area (Å²) in [6, 6.07) is 8.27. The third kappa shape index (κ3) is 7.31. The van der Waals surface area contributed by atoms with Crippen LogP contribution in [0.5, 0.6) is 0 Å². The van der Waals surface area contributed by atoms with E-state index < -0.39 is 0 Å². The number of guanidine groups is 1. The Balaban J connectivity index is 0.00000300. The molecular formula is C22H34ClIN4O. The molecule has 3 rings (SSSR count). The topological polar surface area (TPSA) is 56.7 Å². The zero-order valence-corrected chi connectivity index (χ0v) is 20.4. The van der Waals surface area contributed by atoms with Gasteiger partial charge in [-0.15, -0.1) is 24.0 Å². The van der Waals surface area contributed by atoms with E-state index in [-0.39, 0.29) is 35.9 Å². The van der Waals surface area contributed by atoms with E-state index in [4.69, 9.17) is 16.6 Å². The van der Waals surface area contributed by atoms with Crippen LogP contribution in [-0.2, 0) is 11.2 Å². The highest BCUT2D eigenvalue weighted by molar-refractivity contribution is 14.0. The van der Waals surface area contributed by atoms with Crippen LogP contribution in [0.2, 0.25) is 5.02 Å². The van der Waals surface area contributed by atoms with Gasteiger partial charge in [-0.3, -0.25) is 9.79 Å². The largest absolute Gasteiger partial charge is 0.357 e. The molecule has 1 atom stereocenters. The van der Waals surface area contributed by atoms with Crippen molar-refractivity contribution in [1.29, 1.82) is 0 Å². The fourth-order valence-electron chi connectivity index (χ4n) is 4.18. The molecule has 0 bridgehead atoms. The van der Waals surface area contributed by atoms with Crippen molar-refractivity contribution in [3.05, 3.63) is 34.9 Å². The highest BCUT2D eigenvalue weighted by Crippen LogP contribution is 2.27. The smallest absolute Gasteiger partial charge is 0.225 e. The van der Waals surface area contributed by atoms with Gasteiger partial charge in [-0.1, -0.05) is 42.6 Å². The van der Waals surface area contributed by atoms with Crippen molar-refractivity contribution in [3.8, 4) is 0 Å². The van der Waals surface area contributed by atoms with Crippen LogP contribution >= 0.6 is 35.6 Å².